The van der Waals surface area contributed by atoms with Crippen molar-refractivity contribution in [3.05, 3.63) is 69.5 Å². The largest absolute Gasteiger partial charge is 0.292 e. The molecule has 2 aromatic rings. The third-order valence-electron chi connectivity index (χ3n) is 6.58. The number of imide groups is 1. The van der Waals surface area contributed by atoms with Crippen LogP contribution in [0.15, 0.2) is 42.5 Å². The number of hydrogen-bond donors (Lipinski definition) is 0. The molecule has 1 heterocycles. The van der Waals surface area contributed by atoms with E-state index in [1.54, 1.807) is 0 Å². The molecule has 1 aliphatic heterocycles. The van der Waals surface area contributed by atoms with Crippen LogP contribution in [0.4, 0.5) is 4.39 Å². The van der Waals surface area contributed by atoms with E-state index in [2.05, 4.69) is 31.9 Å². The highest BCUT2D eigenvalue weighted by Gasteiger charge is 2.56. The maximum atomic E-state index is 14.0. The van der Waals surface area contributed by atoms with Gasteiger partial charge < -0.3 is 0 Å². The SMILES string of the molecule is O=C(c1ccc(F)cc1)[C@H](CCCl)N(C(=O)c1ccc(Cl)cc1Cl)N1C(=O)[C@@H]2C[C@@H](Br)[C@@H](Br)C[C@H]2C1=O. The Labute approximate surface area is 244 Å². The van der Waals surface area contributed by atoms with Crippen molar-refractivity contribution < 1.29 is 23.6 Å². The van der Waals surface area contributed by atoms with E-state index in [1.807, 2.05) is 0 Å². The van der Waals surface area contributed by atoms with E-state index >= 15 is 0 Å². The molecule has 196 valence electrons. The molecular weight excluding hydrogens is 677 g/mol. The number of carbonyl (C=O) groups is 4. The van der Waals surface area contributed by atoms with Crippen LogP contribution in [-0.4, -0.2) is 55.1 Å². The van der Waals surface area contributed by atoms with Crippen LogP contribution >= 0.6 is 66.7 Å². The van der Waals surface area contributed by atoms with Crippen LogP contribution in [-0.2, 0) is 9.59 Å². The Morgan fingerprint density at radius 2 is 1.57 bits per heavy atom. The van der Waals surface area contributed by atoms with E-state index in [-0.39, 0.29) is 43.1 Å². The van der Waals surface area contributed by atoms with Gasteiger partial charge in [0, 0.05) is 26.1 Å². The third-order valence-corrected chi connectivity index (χ3v) is 10.1. The molecule has 0 N–H and O–H groups in total. The van der Waals surface area contributed by atoms with Gasteiger partial charge in [0.25, 0.3) is 17.7 Å². The minimum atomic E-state index is -1.34. The summed E-state index contributed by atoms with van der Waals surface area (Å²) in [5.41, 5.74) is 0.0406. The van der Waals surface area contributed by atoms with E-state index < -0.39 is 47.2 Å². The maximum absolute atomic E-state index is 14.0. The molecule has 1 aliphatic carbocycles. The smallest absolute Gasteiger partial charge is 0.275 e. The van der Waals surface area contributed by atoms with Crippen LogP contribution in [0.5, 0.6) is 0 Å². The molecular formula is C25H20Br2Cl3FN2O4. The minimum absolute atomic E-state index is 0.0149. The van der Waals surface area contributed by atoms with Crippen molar-refractivity contribution in [2.24, 2.45) is 11.8 Å². The number of benzene rings is 2. The van der Waals surface area contributed by atoms with Gasteiger partial charge in [0.1, 0.15) is 11.9 Å². The molecule has 2 fully saturated rings. The van der Waals surface area contributed by atoms with Gasteiger partial charge in [-0.25, -0.2) is 9.40 Å². The van der Waals surface area contributed by atoms with Crippen molar-refractivity contribution >= 4 is 90.2 Å². The van der Waals surface area contributed by atoms with Gasteiger partial charge >= 0.3 is 0 Å². The van der Waals surface area contributed by atoms with Gasteiger partial charge in [-0.05, 0) is 61.7 Å². The summed E-state index contributed by atoms with van der Waals surface area (Å²) in [5, 5.41) is 1.92. The summed E-state index contributed by atoms with van der Waals surface area (Å²) in [4.78, 5) is 54.8. The van der Waals surface area contributed by atoms with Crippen molar-refractivity contribution in [2.75, 3.05) is 5.88 Å². The fourth-order valence-corrected chi connectivity index (χ4v) is 6.66. The van der Waals surface area contributed by atoms with Crippen LogP contribution in [0.2, 0.25) is 10.0 Å². The van der Waals surface area contributed by atoms with Gasteiger partial charge in [-0.15, -0.1) is 11.6 Å². The molecule has 0 aromatic heterocycles. The maximum Gasteiger partial charge on any atom is 0.275 e. The van der Waals surface area contributed by atoms with E-state index in [0.717, 1.165) is 22.2 Å². The van der Waals surface area contributed by atoms with Crippen molar-refractivity contribution in [3.63, 3.8) is 0 Å². The van der Waals surface area contributed by atoms with Crippen molar-refractivity contribution in [1.82, 2.24) is 10.0 Å². The first-order valence-electron chi connectivity index (χ1n) is 11.3. The average molecular weight is 698 g/mol. The Balaban J connectivity index is 1.83. The van der Waals surface area contributed by atoms with Crippen molar-refractivity contribution in [1.29, 1.82) is 0 Å². The van der Waals surface area contributed by atoms with Crippen LogP contribution in [0.25, 0.3) is 0 Å². The molecule has 0 unspecified atom stereocenters. The minimum Gasteiger partial charge on any atom is -0.292 e. The lowest BCUT2D eigenvalue weighted by molar-refractivity contribution is -0.156. The van der Waals surface area contributed by atoms with E-state index in [9.17, 15) is 23.6 Å². The van der Waals surface area contributed by atoms with Gasteiger partial charge in [-0.1, -0.05) is 55.1 Å². The van der Waals surface area contributed by atoms with E-state index in [4.69, 9.17) is 34.8 Å². The lowest BCUT2D eigenvalue weighted by atomic mass is 9.81. The molecule has 5 atom stereocenters. The molecule has 0 radical (unpaired) electrons. The van der Waals surface area contributed by atoms with E-state index in [1.165, 1.54) is 30.3 Å². The first kappa shape index (κ1) is 28.5. The number of fused-ring (bicyclic) bond motifs is 1. The number of hydrogen-bond acceptors (Lipinski definition) is 4. The average Bonchev–Trinajstić information content (AvgIpc) is 3.08. The summed E-state index contributed by atoms with van der Waals surface area (Å²) in [6.07, 6.45) is 0.665. The Hall–Kier alpha value is -1.52. The normalized spacial score (nSPS) is 24.1. The fraction of sp³-hybridized carbons (Fsp3) is 0.360. The van der Waals surface area contributed by atoms with Gasteiger partial charge in [-0.2, -0.15) is 5.01 Å². The van der Waals surface area contributed by atoms with Crippen molar-refractivity contribution in [2.45, 2.75) is 35.0 Å². The quantitative estimate of drug-likeness (QED) is 0.194. The molecule has 6 nitrogen and oxygen atoms in total. The standard InChI is InChI=1S/C25H20Br2Cl3FN2O4/c26-18-10-16-17(11-19(18)27)25(37)33(24(16)36)32(23(35)15-6-3-13(29)9-20(15)30)21(7-8-28)22(34)12-1-4-14(31)5-2-12/h1-6,9,16-19,21H,7-8,10-11H2/t16-,17-,18-,19+,21+/m1/s1. The zero-order chi connectivity index (χ0) is 27.0. The summed E-state index contributed by atoms with van der Waals surface area (Å²) >= 11 is 25.5. The molecule has 1 saturated carbocycles. The molecule has 4 rings (SSSR count). The number of rotatable bonds is 7. The molecule has 2 aliphatic rings. The van der Waals surface area contributed by atoms with Crippen LogP contribution < -0.4 is 0 Å². The number of nitrogens with zero attached hydrogens (tertiary/aromatic N) is 2. The summed E-state index contributed by atoms with van der Waals surface area (Å²) < 4.78 is 13.5. The first-order valence-corrected chi connectivity index (χ1v) is 14.5. The molecule has 3 amide bonds. The molecule has 37 heavy (non-hydrogen) atoms. The molecule has 2 aromatic carbocycles. The molecule has 0 bridgehead atoms. The number of Topliss-reactive ketones (excluding diaryl/α,β-unsaturated/α-hetero) is 1. The molecule has 12 heteroatoms. The second kappa shape index (κ2) is 11.7. The zero-order valence-corrected chi connectivity index (χ0v) is 24.5. The lowest BCUT2D eigenvalue weighted by Gasteiger charge is -2.36. The van der Waals surface area contributed by atoms with Crippen molar-refractivity contribution in [3.8, 4) is 0 Å². The number of hydrazine groups is 1. The highest BCUT2D eigenvalue weighted by Crippen LogP contribution is 2.44. The number of ketones is 1. The Morgan fingerprint density at radius 1 is 1.00 bits per heavy atom. The number of carbonyl (C=O) groups excluding carboxylic acids is 4. The summed E-state index contributed by atoms with van der Waals surface area (Å²) in [6, 6.07) is 7.58. The lowest BCUT2D eigenvalue weighted by Crippen LogP contribution is -2.57. The second-order valence-electron chi connectivity index (χ2n) is 8.84. The molecule has 0 spiro atoms. The van der Waals surface area contributed by atoms with Crippen LogP contribution in [0.3, 0.4) is 0 Å². The van der Waals surface area contributed by atoms with Gasteiger partial charge in [0.05, 0.1) is 22.4 Å². The molecule has 1 saturated heterocycles. The Morgan fingerprint density at radius 3 is 2.08 bits per heavy atom. The van der Waals surface area contributed by atoms with Crippen LogP contribution in [0.1, 0.15) is 40.0 Å². The second-order valence-corrected chi connectivity index (χ2v) is 12.4. The zero-order valence-electron chi connectivity index (χ0n) is 19.1. The summed E-state index contributed by atoms with van der Waals surface area (Å²) in [7, 11) is 0. The Kier molecular flexibility index (Phi) is 9.01. The predicted octanol–water partition coefficient (Wildman–Crippen LogP) is 6.29. The summed E-state index contributed by atoms with van der Waals surface area (Å²) in [6.45, 7) is 0. The Bertz CT molecular complexity index is 1220. The fourth-order valence-electron chi connectivity index (χ4n) is 4.72. The number of alkyl halides is 3. The monoisotopic (exact) mass is 694 g/mol. The predicted molar refractivity (Wildman–Crippen MR) is 146 cm³/mol. The van der Waals surface area contributed by atoms with E-state index in [0.29, 0.717) is 12.8 Å². The van der Waals surface area contributed by atoms with Gasteiger partial charge in [-0.3, -0.25) is 19.2 Å². The summed E-state index contributed by atoms with van der Waals surface area (Å²) in [5.74, 6) is -4.55. The van der Waals surface area contributed by atoms with Gasteiger partial charge in [0.15, 0.2) is 5.78 Å². The number of amides is 3. The van der Waals surface area contributed by atoms with Crippen LogP contribution in [0, 0.1) is 17.7 Å². The topological polar surface area (TPSA) is 74.8 Å². The third kappa shape index (κ3) is 5.62. The number of halogens is 6. The highest BCUT2D eigenvalue weighted by atomic mass is 79.9. The highest BCUT2D eigenvalue weighted by molar-refractivity contribution is 9.12. The van der Waals surface area contributed by atoms with Gasteiger partial charge in [0.2, 0.25) is 0 Å². The first-order chi connectivity index (χ1) is 17.5.